The number of likely N-dealkylation sites (N-methyl/N-ethyl adjacent to an activating group) is 1. The number of carbonyl (C=O) groups excluding carboxylic acids is 1. The number of carbonyl (C=O) groups is 2. The number of nitrogens with zero attached hydrogens (tertiary/aromatic N) is 2. The highest BCUT2D eigenvalue weighted by atomic mass is 35.5. The van der Waals surface area contributed by atoms with Gasteiger partial charge in [0.25, 0.3) is 5.69 Å². The zero-order valence-corrected chi connectivity index (χ0v) is 13.0. The van der Waals surface area contributed by atoms with E-state index in [9.17, 15) is 19.7 Å². The standard InChI is InChI=1S/C13H17N3O5.ClH/c1-9(15(2)7-6-12(17)18)13(19)14-10-4-3-5-11(8-10)16(20)21;/h3-5,8-9H,6-7H2,1-2H3,(H,14,19)(H,17,18);1H. The van der Waals surface area contributed by atoms with Crippen molar-refractivity contribution in [3.05, 3.63) is 34.4 Å². The van der Waals surface area contributed by atoms with Gasteiger partial charge in [-0.05, 0) is 20.0 Å². The van der Waals surface area contributed by atoms with Gasteiger partial charge < -0.3 is 10.4 Å². The smallest absolute Gasteiger partial charge is 0.304 e. The first-order valence-electron chi connectivity index (χ1n) is 6.28. The molecule has 1 aromatic rings. The van der Waals surface area contributed by atoms with Crippen molar-refractivity contribution in [1.82, 2.24) is 4.90 Å². The molecule has 8 nitrogen and oxygen atoms in total. The van der Waals surface area contributed by atoms with Crippen LogP contribution in [0.1, 0.15) is 13.3 Å². The number of aliphatic carboxylic acids is 1. The molecule has 1 amide bonds. The SMILES string of the molecule is CC(C(=O)Nc1cccc([N+](=O)[O-])c1)N(C)CCC(=O)O.Cl. The summed E-state index contributed by atoms with van der Waals surface area (Å²) in [5, 5.41) is 21.8. The highest BCUT2D eigenvalue weighted by molar-refractivity contribution is 5.94. The molecule has 1 rings (SSSR count). The van der Waals surface area contributed by atoms with E-state index in [0.29, 0.717) is 5.69 Å². The molecular formula is C13H18ClN3O5. The van der Waals surface area contributed by atoms with Crippen molar-refractivity contribution in [3.8, 4) is 0 Å². The van der Waals surface area contributed by atoms with Gasteiger partial charge in [0.05, 0.1) is 17.4 Å². The normalized spacial score (nSPS) is 11.4. The third kappa shape index (κ3) is 6.06. The van der Waals surface area contributed by atoms with Crippen LogP contribution in [0, 0.1) is 10.1 Å². The summed E-state index contributed by atoms with van der Waals surface area (Å²) in [6, 6.07) is 5.07. The van der Waals surface area contributed by atoms with E-state index in [2.05, 4.69) is 5.32 Å². The molecule has 22 heavy (non-hydrogen) atoms. The molecule has 0 aromatic heterocycles. The Labute approximate surface area is 133 Å². The molecule has 0 aliphatic heterocycles. The molecule has 0 heterocycles. The van der Waals surface area contributed by atoms with Crippen LogP contribution in [0.3, 0.4) is 0 Å². The van der Waals surface area contributed by atoms with Crippen molar-refractivity contribution in [2.24, 2.45) is 0 Å². The third-order valence-electron chi connectivity index (χ3n) is 3.04. The fourth-order valence-electron chi connectivity index (χ4n) is 1.61. The lowest BCUT2D eigenvalue weighted by Gasteiger charge is -2.23. The Morgan fingerprint density at radius 2 is 2.09 bits per heavy atom. The van der Waals surface area contributed by atoms with Crippen LogP contribution in [0.5, 0.6) is 0 Å². The number of hydrogen-bond donors (Lipinski definition) is 2. The lowest BCUT2D eigenvalue weighted by molar-refractivity contribution is -0.384. The Bertz CT molecular complexity index is 552. The molecule has 0 aliphatic rings. The molecule has 1 unspecified atom stereocenters. The van der Waals surface area contributed by atoms with Gasteiger partial charge in [0.1, 0.15) is 0 Å². The van der Waals surface area contributed by atoms with E-state index in [4.69, 9.17) is 5.11 Å². The van der Waals surface area contributed by atoms with Crippen LogP contribution in [-0.4, -0.2) is 46.4 Å². The van der Waals surface area contributed by atoms with Gasteiger partial charge in [0.2, 0.25) is 5.91 Å². The number of carboxylic acid groups (broad SMARTS) is 1. The number of halogens is 1. The second kappa shape index (κ2) is 8.96. The number of amides is 1. The summed E-state index contributed by atoms with van der Waals surface area (Å²) in [4.78, 5) is 34.2. The lowest BCUT2D eigenvalue weighted by Crippen LogP contribution is -2.40. The summed E-state index contributed by atoms with van der Waals surface area (Å²) in [7, 11) is 1.64. The maximum atomic E-state index is 12.0. The maximum absolute atomic E-state index is 12.0. The van der Waals surface area contributed by atoms with Gasteiger partial charge >= 0.3 is 5.97 Å². The number of non-ortho nitro benzene ring substituents is 1. The number of nitrogens with one attached hydrogen (secondary N) is 1. The zero-order valence-electron chi connectivity index (χ0n) is 12.2. The first-order valence-corrected chi connectivity index (χ1v) is 6.28. The first-order chi connectivity index (χ1) is 9.81. The van der Waals surface area contributed by atoms with E-state index in [-0.39, 0.29) is 37.0 Å². The second-order valence-electron chi connectivity index (χ2n) is 4.60. The van der Waals surface area contributed by atoms with Crippen LogP contribution in [0.25, 0.3) is 0 Å². The Hall–Kier alpha value is -2.19. The monoisotopic (exact) mass is 331 g/mol. The van der Waals surface area contributed by atoms with E-state index < -0.39 is 16.9 Å². The molecule has 1 aromatic carbocycles. The minimum atomic E-state index is -0.937. The van der Waals surface area contributed by atoms with E-state index in [1.165, 1.54) is 18.2 Å². The predicted molar refractivity (Wildman–Crippen MR) is 83.3 cm³/mol. The molecule has 9 heteroatoms. The average Bonchev–Trinajstić information content (AvgIpc) is 2.44. The summed E-state index contributed by atoms with van der Waals surface area (Å²) in [6.07, 6.45) is -0.0646. The molecule has 0 aliphatic carbocycles. The molecule has 0 bridgehead atoms. The fourth-order valence-corrected chi connectivity index (χ4v) is 1.61. The molecule has 0 radical (unpaired) electrons. The minimum Gasteiger partial charge on any atom is -0.481 e. The lowest BCUT2D eigenvalue weighted by atomic mass is 10.2. The summed E-state index contributed by atoms with van der Waals surface area (Å²) < 4.78 is 0. The zero-order chi connectivity index (χ0) is 16.0. The Kier molecular flexibility index (Phi) is 8.06. The molecule has 122 valence electrons. The van der Waals surface area contributed by atoms with Crippen LogP contribution in [0.4, 0.5) is 11.4 Å². The Morgan fingerprint density at radius 1 is 1.45 bits per heavy atom. The minimum absolute atomic E-state index is 0. The Balaban J connectivity index is 0.00000441. The van der Waals surface area contributed by atoms with Crippen LogP contribution >= 0.6 is 12.4 Å². The quantitative estimate of drug-likeness (QED) is 0.581. The largest absolute Gasteiger partial charge is 0.481 e. The number of rotatable bonds is 7. The Morgan fingerprint density at radius 3 is 2.64 bits per heavy atom. The van der Waals surface area contributed by atoms with Crippen molar-refractivity contribution < 1.29 is 19.6 Å². The van der Waals surface area contributed by atoms with Gasteiger partial charge in [-0.3, -0.25) is 24.6 Å². The number of nitro groups is 1. The van der Waals surface area contributed by atoms with Gasteiger partial charge in [-0.15, -0.1) is 12.4 Å². The van der Waals surface area contributed by atoms with Gasteiger partial charge in [-0.1, -0.05) is 6.07 Å². The molecular weight excluding hydrogens is 314 g/mol. The van der Waals surface area contributed by atoms with Crippen LogP contribution in [0.2, 0.25) is 0 Å². The number of hydrogen-bond acceptors (Lipinski definition) is 5. The van der Waals surface area contributed by atoms with Crippen molar-refractivity contribution >= 4 is 35.7 Å². The summed E-state index contributed by atoms with van der Waals surface area (Å²) in [5.74, 6) is -1.29. The average molecular weight is 332 g/mol. The molecule has 0 fully saturated rings. The van der Waals surface area contributed by atoms with Gasteiger partial charge in [0.15, 0.2) is 0 Å². The van der Waals surface area contributed by atoms with Gasteiger partial charge in [-0.25, -0.2) is 0 Å². The fraction of sp³-hybridized carbons (Fsp3) is 0.385. The molecule has 0 spiro atoms. The first kappa shape index (κ1) is 19.8. The summed E-state index contributed by atoms with van der Waals surface area (Å²) in [5.41, 5.74) is 0.215. The van der Waals surface area contributed by atoms with Crippen molar-refractivity contribution in [1.29, 1.82) is 0 Å². The molecule has 2 N–H and O–H groups in total. The van der Waals surface area contributed by atoms with E-state index in [1.807, 2.05) is 0 Å². The number of nitro benzene ring substituents is 1. The molecule has 0 saturated heterocycles. The predicted octanol–water partition coefficient (Wildman–Crippen LogP) is 1.75. The van der Waals surface area contributed by atoms with Crippen LogP contribution in [-0.2, 0) is 9.59 Å². The topological polar surface area (TPSA) is 113 Å². The molecule has 1 atom stereocenters. The third-order valence-corrected chi connectivity index (χ3v) is 3.04. The van der Waals surface area contributed by atoms with Crippen molar-refractivity contribution in [3.63, 3.8) is 0 Å². The van der Waals surface area contributed by atoms with Crippen LogP contribution in [0.15, 0.2) is 24.3 Å². The van der Waals surface area contributed by atoms with Gasteiger partial charge in [0, 0.05) is 24.4 Å². The highest BCUT2D eigenvalue weighted by Gasteiger charge is 2.19. The molecule has 0 saturated carbocycles. The van der Waals surface area contributed by atoms with E-state index in [1.54, 1.807) is 24.9 Å². The number of carboxylic acids is 1. The van der Waals surface area contributed by atoms with E-state index >= 15 is 0 Å². The number of anilines is 1. The second-order valence-corrected chi connectivity index (χ2v) is 4.60. The van der Waals surface area contributed by atoms with Crippen molar-refractivity contribution in [2.45, 2.75) is 19.4 Å². The van der Waals surface area contributed by atoms with Crippen LogP contribution < -0.4 is 5.32 Å². The summed E-state index contributed by atoms with van der Waals surface area (Å²) >= 11 is 0. The highest BCUT2D eigenvalue weighted by Crippen LogP contribution is 2.17. The summed E-state index contributed by atoms with van der Waals surface area (Å²) in [6.45, 7) is 1.87. The maximum Gasteiger partial charge on any atom is 0.304 e. The van der Waals surface area contributed by atoms with E-state index in [0.717, 1.165) is 0 Å². The van der Waals surface area contributed by atoms with Gasteiger partial charge in [-0.2, -0.15) is 0 Å². The number of benzene rings is 1. The van der Waals surface area contributed by atoms with Crippen molar-refractivity contribution in [2.75, 3.05) is 18.9 Å².